The van der Waals surface area contributed by atoms with E-state index in [2.05, 4.69) is 0 Å². The second-order valence-corrected chi connectivity index (χ2v) is 8.42. The Hall–Kier alpha value is -1.64. The molecule has 1 amide bonds. The van der Waals surface area contributed by atoms with E-state index in [4.69, 9.17) is 9.47 Å². The van der Waals surface area contributed by atoms with Gasteiger partial charge in [-0.1, -0.05) is 6.92 Å². The van der Waals surface area contributed by atoms with E-state index >= 15 is 0 Å². The van der Waals surface area contributed by atoms with E-state index in [0.717, 1.165) is 5.56 Å². The Balaban J connectivity index is 1.96. The Morgan fingerprint density at radius 3 is 2.72 bits per heavy atom. The van der Waals surface area contributed by atoms with E-state index in [0.29, 0.717) is 18.8 Å². The molecule has 2 atom stereocenters. The number of hydrogen-bond donors (Lipinski definition) is 0. The van der Waals surface area contributed by atoms with E-state index < -0.39 is 15.9 Å². The molecule has 1 aromatic carbocycles. The zero-order valence-electron chi connectivity index (χ0n) is 14.8. The molecule has 8 heteroatoms. The maximum absolute atomic E-state index is 13.2. The number of methoxy groups -OCH3 is 1. The number of carbonyl (C=O) groups excluding carboxylic acids is 1. The number of rotatable bonds is 4. The molecule has 0 aromatic heterocycles. The summed E-state index contributed by atoms with van der Waals surface area (Å²) in [6.07, 6.45) is 0.673. The molecule has 138 valence electrons. The van der Waals surface area contributed by atoms with E-state index in [1.54, 1.807) is 37.3 Å². The first-order valence-corrected chi connectivity index (χ1v) is 9.84. The smallest absolute Gasteiger partial charge is 0.243 e. The molecule has 25 heavy (non-hydrogen) atoms. The molecular weight excluding hydrogens is 344 g/mol. The number of aryl methyl sites for hydroxylation is 1. The van der Waals surface area contributed by atoms with Crippen LogP contribution in [0.25, 0.3) is 0 Å². The monoisotopic (exact) mass is 368 g/mol. The third-order valence-electron chi connectivity index (χ3n) is 4.98. The van der Waals surface area contributed by atoms with Gasteiger partial charge in [0, 0.05) is 20.1 Å². The van der Waals surface area contributed by atoms with Crippen molar-refractivity contribution in [3.8, 4) is 5.75 Å². The van der Waals surface area contributed by atoms with Crippen molar-refractivity contribution in [2.45, 2.75) is 24.3 Å². The highest BCUT2D eigenvalue weighted by atomic mass is 32.2. The first kappa shape index (κ1) is 18.2. The van der Waals surface area contributed by atoms with Crippen molar-refractivity contribution in [3.05, 3.63) is 23.8 Å². The lowest BCUT2D eigenvalue weighted by molar-refractivity contribution is -0.133. The van der Waals surface area contributed by atoms with Gasteiger partial charge in [0.25, 0.3) is 0 Å². The number of nitrogens with zero attached hydrogens (tertiary/aromatic N) is 2. The molecule has 0 aliphatic carbocycles. The number of ether oxygens (including phenoxy) is 2. The van der Waals surface area contributed by atoms with Gasteiger partial charge in [-0.05, 0) is 30.2 Å². The summed E-state index contributed by atoms with van der Waals surface area (Å²) in [6, 6.07) is 4.65. The van der Waals surface area contributed by atoms with Gasteiger partial charge < -0.3 is 14.4 Å². The molecule has 3 rings (SSSR count). The fourth-order valence-corrected chi connectivity index (χ4v) is 4.97. The Bertz CT molecular complexity index is 764. The molecule has 0 spiro atoms. The topological polar surface area (TPSA) is 76.2 Å². The first-order chi connectivity index (χ1) is 11.9. The number of hydrogen-bond acceptors (Lipinski definition) is 5. The number of sulfonamides is 1. The zero-order chi connectivity index (χ0) is 18.2. The van der Waals surface area contributed by atoms with Crippen molar-refractivity contribution >= 4 is 15.9 Å². The van der Waals surface area contributed by atoms with Crippen molar-refractivity contribution in [1.82, 2.24) is 9.21 Å². The second kappa shape index (κ2) is 6.93. The van der Waals surface area contributed by atoms with Crippen molar-refractivity contribution < 1.29 is 22.7 Å². The van der Waals surface area contributed by atoms with Gasteiger partial charge in [-0.15, -0.1) is 0 Å². The Morgan fingerprint density at radius 2 is 2.04 bits per heavy atom. The van der Waals surface area contributed by atoms with Crippen LogP contribution in [0.4, 0.5) is 0 Å². The lowest BCUT2D eigenvalue weighted by atomic mass is 10.1. The molecule has 2 aliphatic heterocycles. The van der Waals surface area contributed by atoms with Crippen LogP contribution in [-0.2, 0) is 26.0 Å². The summed E-state index contributed by atoms with van der Waals surface area (Å²) in [5.41, 5.74) is 0.843. The molecule has 2 bridgehead atoms. The lowest BCUT2D eigenvalue weighted by Crippen LogP contribution is -2.45. The molecule has 0 N–H and O–H groups in total. The Labute approximate surface area is 148 Å². The van der Waals surface area contributed by atoms with Crippen LogP contribution in [0.15, 0.2) is 23.1 Å². The minimum atomic E-state index is -3.69. The third kappa shape index (κ3) is 3.26. The fourth-order valence-electron chi connectivity index (χ4n) is 3.40. The normalized spacial score (nSPS) is 24.9. The van der Waals surface area contributed by atoms with Gasteiger partial charge in [0.1, 0.15) is 5.75 Å². The lowest BCUT2D eigenvalue weighted by Gasteiger charge is -2.28. The summed E-state index contributed by atoms with van der Waals surface area (Å²) in [5.74, 6) is 0.165. The van der Waals surface area contributed by atoms with E-state index in [9.17, 15) is 13.2 Å². The molecule has 0 radical (unpaired) electrons. The molecule has 7 nitrogen and oxygen atoms in total. The van der Waals surface area contributed by atoms with Gasteiger partial charge in [0.05, 0.1) is 37.2 Å². The largest absolute Gasteiger partial charge is 0.496 e. The zero-order valence-corrected chi connectivity index (χ0v) is 15.6. The highest BCUT2D eigenvalue weighted by Crippen LogP contribution is 2.28. The molecular formula is C17H24N2O5S. The Kier molecular flexibility index (Phi) is 5.04. The number of fused-ring (bicyclic) bond motifs is 3. The van der Waals surface area contributed by atoms with Crippen LogP contribution in [0.5, 0.6) is 5.75 Å². The summed E-state index contributed by atoms with van der Waals surface area (Å²) in [4.78, 5) is 14.3. The minimum absolute atomic E-state index is 0.0517. The van der Waals surface area contributed by atoms with Crippen LogP contribution in [-0.4, -0.2) is 70.0 Å². The molecule has 1 aromatic rings. The standard InChI is InChI=1S/C17H24N2O5S/c1-4-12-7-15(5-6-16(12)23-3)25(21,22)19-8-13-10-24-11-14(9-19)18(2)17(13)20/h5-7,13-14H,4,8-11H2,1-3H3/t13-,14+/m1/s1. The summed E-state index contributed by atoms with van der Waals surface area (Å²) in [7, 11) is -0.403. The van der Waals surface area contributed by atoms with Crippen molar-refractivity contribution in [3.63, 3.8) is 0 Å². The fraction of sp³-hybridized carbons (Fsp3) is 0.588. The predicted octanol–water partition coefficient (Wildman–Crippen LogP) is 0.735. The van der Waals surface area contributed by atoms with Gasteiger partial charge in [-0.3, -0.25) is 4.79 Å². The van der Waals surface area contributed by atoms with E-state index in [1.165, 1.54) is 4.31 Å². The number of amides is 1. The van der Waals surface area contributed by atoms with Gasteiger partial charge in [-0.25, -0.2) is 8.42 Å². The summed E-state index contributed by atoms with van der Waals surface area (Å²) in [6.45, 7) is 2.96. The van der Waals surface area contributed by atoms with Gasteiger partial charge >= 0.3 is 0 Å². The van der Waals surface area contributed by atoms with Crippen molar-refractivity contribution in [1.29, 1.82) is 0 Å². The quantitative estimate of drug-likeness (QED) is 0.783. The van der Waals surface area contributed by atoms with Crippen LogP contribution in [0.1, 0.15) is 12.5 Å². The van der Waals surface area contributed by atoms with E-state index in [-0.39, 0.29) is 36.5 Å². The number of benzene rings is 1. The SMILES string of the molecule is CCc1cc(S(=O)(=O)N2C[C@@H]3COC[C@H](C2)N(C)C3=O)ccc1OC. The maximum atomic E-state index is 13.2. The van der Waals surface area contributed by atoms with Crippen molar-refractivity contribution in [2.75, 3.05) is 40.5 Å². The third-order valence-corrected chi connectivity index (χ3v) is 6.81. The van der Waals surface area contributed by atoms with Crippen LogP contribution in [0, 0.1) is 5.92 Å². The average Bonchev–Trinajstić information content (AvgIpc) is 2.79. The highest BCUT2D eigenvalue weighted by Gasteiger charge is 2.41. The van der Waals surface area contributed by atoms with Crippen molar-refractivity contribution in [2.24, 2.45) is 5.92 Å². The van der Waals surface area contributed by atoms with Crippen LogP contribution < -0.4 is 4.74 Å². The molecule has 2 fully saturated rings. The van der Waals surface area contributed by atoms with Crippen LogP contribution >= 0.6 is 0 Å². The maximum Gasteiger partial charge on any atom is 0.243 e. The summed E-state index contributed by atoms with van der Waals surface area (Å²) < 4.78 is 38.6. The predicted molar refractivity (Wildman–Crippen MR) is 92.0 cm³/mol. The first-order valence-electron chi connectivity index (χ1n) is 8.40. The Morgan fingerprint density at radius 1 is 1.28 bits per heavy atom. The summed E-state index contributed by atoms with van der Waals surface area (Å²) in [5, 5.41) is 0. The number of carbonyl (C=O) groups is 1. The molecule has 0 saturated carbocycles. The van der Waals surface area contributed by atoms with Gasteiger partial charge in [0.2, 0.25) is 15.9 Å². The number of likely N-dealkylation sites (N-methyl/N-ethyl adjacent to an activating group) is 1. The molecule has 2 heterocycles. The molecule has 2 aliphatic rings. The molecule has 2 saturated heterocycles. The van der Waals surface area contributed by atoms with Crippen LogP contribution in [0.2, 0.25) is 0 Å². The molecule has 0 unspecified atom stereocenters. The average molecular weight is 368 g/mol. The van der Waals surface area contributed by atoms with Crippen LogP contribution in [0.3, 0.4) is 0 Å². The second-order valence-electron chi connectivity index (χ2n) is 6.49. The van der Waals surface area contributed by atoms with E-state index in [1.807, 2.05) is 6.92 Å². The minimum Gasteiger partial charge on any atom is -0.496 e. The van der Waals surface area contributed by atoms with Gasteiger partial charge in [0.15, 0.2) is 0 Å². The summed E-state index contributed by atoms with van der Waals surface area (Å²) >= 11 is 0. The van der Waals surface area contributed by atoms with Gasteiger partial charge in [-0.2, -0.15) is 4.31 Å². The highest BCUT2D eigenvalue weighted by molar-refractivity contribution is 7.89.